The molecule has 0 saturated heterocycles. The van der Waals surface area contributed by atoms with Crippen LogP contribution in [0.25, 0.3) is 11.4 Å². The second kappa shape index (κ2) is 9.94. The lowest BCUT2D eigenvalue weighted by Crippen LogP contribution is -2.37. The molecule has 2 aromatic rings. The van der Waals surface area contributed by atoms with Crippen LogP contribution in [-0.4, -0.2) is 34.2 Å². The highest BCUT2D eigenvalue weighted by Gasteiger charge is 2.14. The Morgan fingerprint density at radius 1 is 1.27 bits per heavy atom. The smallest absolute Gasteiger partial charge is 0.191 e. The molecule has 1 aliphatic carbocycles. The van der Waals surface area contributed by atoms with Crippen LogP contribution in [0.5, 0.6) is 0 Å². The van der Waals surface area contributed by atoms with Crippen LogP contribution < -0.4 is 10.6 Å². The van der Waals surface area contributed by atoms with E-state index >= 15 is 0 Å². The van der Waals surface area contributed by atoms with Gasteiger partial charge in [0.25, 0.3) is 0 Å². The monoisotopic (exact) mass is 354 g/mol. The fraction of sp³-hybridized carbons (Fsp3) is 0.550. The molecular formula is C20H30N6. The molecule has 1 saturated carbocycles. The van der Waals surface area contributed by atoms with E-state index in [1.807, 2.05) is 12.1 Å². The molecule has 0 amide bonds. The first-order valence-corrected chi connectivity index (χ1v) is 9.82. The highest BCUT2D eigenvalue weighted by Crippen LogP contribution is 2.28. The number of aromatic nitrogens is 3. The Labute approximate surface area is 155 Å². The standard InChI is InChI=1S/C20H30N6/c1-2-21-20(22-12-6-10-16-7-3-4-8-16)23-14-17-9-5-11-18(13-17)19-24-15-25-26-19/h5,9,11,13,15-16H,2-4,6-8,10,12,14H2,1H3,(H2,21,22,23)(H,24,25,26). The Morgan fingerprint density at radius 3 is 2.92 bits per heavy atom. The van der Waals surface area contributed by atoms with Gasteiger partial charge in [0.2, 0.25) is 0 Å². The molecule has 1 fully saturated rings. The summed E-state index contributed by atoms with van der Waals surface area (Å²) in [5, 5.41) is 13.6. The minimum atomic E-state index is 0.639. The first-order valence-electron chi connectivity index (χ1n) is 9.82. The van der Waals surface area contributed by atoms with E-state index in [0.29, 0.717) is 6.54 Å². The van der Waals surface area contributed by atoms with Crippen molar-refractivity contribution in [2.45, 2.75) is 52.0 Å². The lowest BCUT2D eigenvalue weighted by Gasteiger charge is -2.13. The number of rotatable bonds is 8. The molecule has 1 heterocycles. The maximum Gasteiger partial charge on any atom is 0.191 e. The van der Waals surface area contributed by atoms with Crippen LogP contribution in [0.15, 0.2) is 35.6 Å². The van der Waals surface area contributed by atoms with Crippen LogP contribution in [0.2, 0.25) is 0 Å². The van der Waals surface area contributed by atoms with Gasteiger partial charge in [0.05, 0.1) is 6.54 Å². The quantitative estimate of drug-likeness (QED) is 0.385. The van der Waals surface area contributed by atoms with Crippen molar-refractivity contribution in [3.05, 3.63) is 36.2 Å². The predicted molar refractivity (Wildman–Crippen MR) is 106 cm³/mol. The number of guanidine groups is 1. The normalized spacial score (nSPS) is 15.3. The summed E-state index contributed by atoms with van der Waals surface area (Å²) in [6, 6.07) is 8.26. The number of nitrogens with one attached hydrogen (secondary N) is 3. The molecule has 1 aliphatic rings. The Kier molecular flexibility index (Phi) is 7.05. The van der Waals surface area contributed by atoms with E-state index in [4.69, 9.17) is 4.99 Å². The molecule has 140 valence electrons. The summed E-state index contributed by atoms with van der Waals surface area (Å²) < 4.78 is 0. The Hall–Kier alpha value is -2.37. The van der Waals surface area contributed by atoms with Crippen molar-refractivity contribution in [1.29, 1.82) is 0 Å². The fourth-order valence-electron chi connectivity index (χ4n) is 3.57. The van der Waals surface area contributed by atoms with Crippen molar-refractivity contribution in [1.82, 2.24) is 25.8 Å². The van der Waals surface area contributed by atoms with E-state index in [9.17, 15) is 0 Å². The summed E-state index contributed by atoms with van der Waals surface area (Å²) in [6.45, 7) is 4.59. The number of benzene rings is 1. The van der Waals surface area contributed by atoms with Gasteiger partial charge in [-0.25, -0.2) is 9.98 Å². The molecule has 0 unspecified atom stereocenters. The highest BCUT2D eigenvalue weighted by molar-refractivity contribution is 5.79. The van der Waals surface area contributed by atoms with Crippen molar-refractivity contribution in [3.63, 3.8) is 0 Å². The lowest BCUT2D eigenvalue weighted by atomic mass is 10.0. The minimum absolute atomic E-state index is 0.639. The molecule has 26 heavy (non-hydrogen) atoms. The summed E-state index contributed by atoms with van der Waals surface area (Å²) in [5.41, 5.74) is 2.19. The third-order valence-electron chi connectivity index (χ3n) is 4.94. The van der Waals surface area contributed by atoms with Crippen LogP contribution in [0, 0.1) is 5.92 Å². The van der Waals surface area contributed by atoms with E-state index in [0.717, 1.165) is 41.9 Å². The van der Waals surface area contributed by atoms with E-state index < -0.39 is 0 Å². The van der Waals surface area contributed by atoms with E-state index in [2.05, 4.69) is 44.9 Å². The largest absolute Gasteiger partial charge is 0.357 e. The zero-order valence-electron chi connectivity index (χ0n) is 15.7. The second-order valence-electron chi connectivity index (χ2n) is 6.95. The number of aliphatic imine (C=N–C) groups is 1. The fourth-order valence-corrected chi connectivity index (χ4v) is 3.57. The van der Waals surface area contributed by atoms with Gasteiger partial charge < -0.3 is 10.6 Å². The van der Waals surface area contributed by atoms with Gasteiger partial charge in [-0.05, 0) is 37.3 Å². The molecule has 6 nitrogen and oxygen atoms in total. The van der Waals surface area contributed by atoms with E-state index in [1.54, 1.807) is 0 Å². The summed E-state index contributed by atoms with van der Waals surface area (Å²) in [4.78, 5) is 8.93. The molecule has 6 heteroatoms. The number of hydrogen-bond donors (Lipinski definition) is 3. The van der Waals surface area contributed by atoms with Gasteiger partial charge in [0.15, 0.2) is 11.8 Å². The van der Waals surface area contributed by atoms with Gasteiger partial charge >= 0.3 is 0 Å². The van der Waals surface area contributed by atoms with Crippen molar-refractivity contribution in [2.75, 3.05) is 13.1 Å². The molecule has 3 rings (SSSR count). The van der Waals surface area contributed by atoms with Gasteiger partial charge in [0.1, 0.15) is 6.33 Å². The van der Waals surface area contributed by atoms with Gasteiger partial charge in [-0.1, -0.05) is 43.9 Å². The molecule has 0 spiro atoms. The topological polar surface area (TPSA) is 78.0 Å². The molecular weight excluding hydrogens is 324 g/mol. The van der Waals surface area contributed by atoms with E-state index in [1.165, 1.54) is 44.9 Å². The molecule has 1 aromatic carbocycles. The first-order chi connectivity index (χ1) is 12.8. The minimum Gasteiger partial charge on any atom is -0.357 e. The van der Waals surface area contributed by atoms with Gasteiger partial charge in [-0.15, -0.1) is 0 Å². The van der Waals surface area contributed by atoms with Gasteiger partial charge in [-0.3, -0.25) is 5.10 Å². The Bertz CT molecular complexity index is 673. The number of hydrogen-bond acceptors (Lipinski definition) is 3. The lowest BCUT2D eigenvalue weighted by molar-refractivity contribution is 0.481. The molecule has 0 aliphatic heterocycles. The van der Waals surface area contributed by atoms with Gasteiger partial charge in [0, 0.05) is 18.7 Å². The highest BCUT2D eigenvalue weighted by atomic mass is 15.2. The van der Waals surface area contributed by atoms with Crippen molar-refractivity contribution in [3.8, 4) is 11.4 Å². The summed E-state index contributed by atoms with van der Waals surface area (Å²) >= 11 is 0. The summed E-state index contributed by atoms with van der Waals surface area (Å²) in [6.07, 6.45) is 9.79. The van der Waals surface area contributed by atoms with Crippen LogP contribution in [0.1, 0.15) is 51.0 Å². The average Bonchev–Trinajstić information content (AvgIpc) is 3.37. The van der Waals surface area contributed by atoms with Crippen molar-refractivity contribution in [2.24, 2.45) is 10.9 Å². The summed E-state index contributed by atoms with van der Waals surface area (Å²) in [5.74, 6) is 2.63. The molecule has 1 aromatic heterocycles. The molecule has 0 radical (unpaired) electrons. The number of H-pyrrole nitrogens is 1. The summed E-state index contributed by atoms with van der Waals surface area (Å²) in [7, 11) is 0. The van der Waals surface area contributed by atoms with Gasteiger partial charge in [-0.2, -0.15) is 5.10 Å². The zero-order chi connectivity index (χ0) is 18.0. The van der Waals surface area contributed by atoms with Crippen molar-refractivity contribution >= 4 is 5.96 Å². The Morgan fingerprint density at radius 2 is 2.15 bits per heavy atom. The van der Waals surface area contributed by atoms with Crippen LogP contribution >= 0.6 is 0 Å². The molecule has 3 N–H and O–H groups in total. The van der Waals surface area contributed by atoms with Crippen molar-refractivity contribution < 1.29 is 0 Å². The third kappa shape index (κ3) is 5.58. The number of nitrogens with zero attached hydrogens (tertiary/aromatic N) is 3. The van der Waals surface area contributed by atoms with Crippen LogP contribution in [-0.2, 0) is 6.54 Å². The number of aromatic amines is 1. The maximum absolute atomic E-state index is 4.72. The van der Waals surface area contributed by atoms with Crippen LogP contribution in [0.3, 0.4) is 0 Å². The predicted octanol–water partition coefficient (Wildman–Crippen LogP) is 3.50. The molecule has 0 bridgehead atoms. The SMILES string of the molecule is CCNC(=NCc1cccc(-c2ncn[nH]2)c1)NCCCC1CCCC1. The first kappa shape index (κ1) is 18.4. The average molecular weight is 355 g/mol. The molecule has 0 atom stereocenters. The second-order valence-corrected chi connectivity index (χ2v) is 6.95. The Balaban J connectivity index is 1.50. The zero-order valence-corrected chi connectivity index (χ0v) is 15.7. The van der Waals surface area contributed by atoms with E-state index in [-0.39, 0.29) is 0 Å². The maximum atomic E-state index is 4.72. The van der Waals surface area contributed by atoms with Crippen LogP contribution in [0.4, 0.5) is 0 Å². The third-order valence-corrected chi connectivity index (χ3v) is 4.94.